The van der Waals surface area contributed by atoms with Crippen molar-refractivity contribution in [1.82, 2.24) is 0 Å². The van der Waals surface area contributed by atoms with E-state index in [1.165, 1.54) is 56.1 Å². The van der Waals surface area contributed by atoms with Gasteiger partial charge in [-0.05, 0) is 67.0 Å². The fourth-order valence-corrected chi connectivity index (χ4v) is 4.30. The van der Waals surface area contributed by atoms with Crippen molar-refractivity contribution < 1.29 is 0 Å². The zero-order chi connectivity index (χ0) is 17.0. The third kappa shape index (κ3) is 3.43. The molecule has 0 aromatic heterocycles. The van der Waals surface area contributed by atoms with Crippen molar-refractivity contribution in [2.45, 2.75) is 57.3 Å². The number of nitrogens with two attached hydrogens (primary N) is 2. The first-order valence-electron chi connectivity index (χ1n) is 9.36. The molecule has 0 bridgehead atoms. The van der Waals surface area contributed by atoms with Gasteiger partial charge in [-0.25, -0.2) is 0 Å². The van der Waals surface area contributed by atoms with Crippen LogP contribution in [0.4, 0.5) is 11.4 Å². The van der Waals surface area contributed by atoms with Gasteiger partial charge in [0.05, 0.1) is 0 Å². The van der Waals surface area contributed by atoms with Crippen LogP contribution in [0, 0.1) is 5.92 Å². The van der Waals surface area contributed by atoms with Crippen LogP contribution in [0.1, 0.15) is 63.0 Å². The molecule has 2 aromatic rings. The van der Waals surface area contributed by atoms with Gasteiger partial charge in [0.15, 0.2) is 0 Å². The van der Waals surface area contributed by atoms with E-state index < -0.39 is 0 Å². The largest absolute Gasteiger partial charge is 0.399 e. The Morgan fingerprint density at radius 3 is 1.71 bits per heavy atom. The summed E-state index contributed by atoms with van der Waals surface area (Å²) in [6.07, 6.45) is 9.11. The minimum Gasteiger partial charge on any atom is -0.399 e. The third-order valence-corrected chi connectivity index (χ3v) is 5.85. The van der Waals surface area contributed by atoms with Gasteiger partial charge in [-0.1, -0.05) is 50.5 Å². The summed E-state index contributed by atoms with van der Waals surface area (Å²) >= 11 is 0. The molecule has 4 N–H and O–H groups in total. The fraction of sp³-hybridized carbons (Fsp3) is 0.455. The maximum atomic E-state index is 5.92. The normalized spacial score (nSPS) is 17.7. The summed E-state index contributed by atoms with van der Waals surface area (Å²) < 4.78 is 0. The molecule has 0 saturated heterocycles. The minimum atomic E-state index is 0.115. The Kier molecular flexibility index (Phi) is 5.13. The molecular weight excluding hydrogens is 292 g/mol. The van der Waals surface area contributed by atoms with Crippen LogP contribution in [-0.2, 0) is 5.41 Å². The monoisotopic (exact) mass is 322 g/mol. The molecule has 128 valence electrons. The molecule has 2 nitrogen and oxygen atoms in total. The van der Waals surface area contributed by atoms with Gasteiger partial charge in [0.25, 0.3) is 0 Å². The van der Waals surface area contributed by atoms with E-state index in [2.05, 4.69) is 31.2 Å². The summed E-state index contributed by atoms with van der Waals surface area (Å²) in [5.41, 5.74) is 16.4. The highest BCUT2D eigenvalue weighted by Gasteiger charge is 2.38. The lowest BCUT2D eigenvalue weighted by Gasteiger charge is -2.41. The van der Waals surface area contributed by atoms with Crippen LogP contribution in [0.3, 0.4) is 0 Å². The van der Waals surface area contributed by atoms with Crippen molar-refractivity contribution in [2.24, 2.45) is 5.92 Å². The predicted octanol–water partition coefficient (Wildman–Crippen LogP) is 5.52. The minimum absolute atomic E-state index is 0.115. The van der Waals surface area contributed by atoms with Gasteiger partial charge >= 0.3 is 0 Å². The first kappa shape index (κ1) is 16.9. The zero-order valence-corrected chi connectivity index (χ0v) is 14.8. The molecule has 2 heteroatoms. The second-order valence-electron chi connectivity index (χ2n) is 7.41. The molecule has 1 fully saturated rings. The first-order chi connectivity index (χ1) is 11.6. The molecule has 2 aromatic carbocycles. The van der Waals surface area contributed by atoms with E-state index in [-0.39, 0.29) is 5.41 Å². The molecule has 0 atom stereocenters. The molecule has 0 spiro atoms. The summed E-state index contributed by atoms with van der Waals surface area (Å²) in [5, 5.41) is 0. The highest BCUT2D eigenvalue weighted by atomic mass is 14.5. The average Bonchev–Trinajstić information content (AvgIpc) is 2.62. The Balaban J connectivity index is 1.91. The van der Waals surface area contributed by atoms with Crippen molar-refractivity contribution in [1.29, 1.82) is 0 Å². The summed E-state index contributed by atoms with van der Waals surface area (Å²) in [4.78, 5) is 0. The van der Waals surface area contributed by atoms with Crippen molar-refractivity contribution in [3.05, 3.63) is 59.7 Å². The molecule has 0 amide bonds. The lowest BCUT2D eigenvalue weighted by molar-refractivity contribution is 0.251. The second kappa shape index (κ2) is 7.29. The molecule has 1 saturated carbocycles. The molecule has 1 aliphatic rings. The molecule has 0 unspecified atom stereocenters. The van der Waals surface area contributed by atoms with Crippen molar-refractivity contribution in [3.8, 4) is 0 Å². The summed E-state index contributed by atoms with van der Waals surface area (Å²) in [6.45, 7) is 2.29. The summed E-state index contributed by atoms with van der Waals surface area (Å²) in [5.74, 6) is 0.889. The SMILES string of the molecule is CCCCC1CCC(c2ccc(N)cc2)(c2ccc(N)cc2)CC1. The van der Waals surface area contributed by atoms with Crippen molar-refractivity contribution >= 4 is 11.4 Å². The number of unbranched alkanes of at least 4 members (excludes halogenated alkanes) is 1. The number of anilines is 2. The van der Waals surface area contributed by atoms with Crippen LogP contribution in [0.15, 0.2) is 48.5 Å². The van der Waals surface area contributed by atoms with Crippen LogP contribution < -0.4 is 11.5 Å². The van der Waals surface area contributed by atoms with Crippen LogP contribution >= 0.6 is 0 Å². The van der Waals surface area contributed by atoms with Gasteiger partial charge in [0.1, 0.15) is 0 Å². The smallest absolute Gasteiger partial charge is 0.0314 e. The Bertz CT molecular complexity index is 587. The number of benzene rings is 2. The van der Waals surface area contributed by atoms with Crippen LogP contribution in [-0.4, -0.2) is 0 Å². The van der Waals surface area contributed by atoms with Gasteiger partial charge in [0, 0.05) is 16.8 Å². The number of nitrogen functional groups attached to an aromatic ring is 2. The van der Waals surface area contributed by atoms with E-state index in [1.807, 2.05) is 24.3 Å². The molecule has 0 radical (unpaired) electrons. The van der Waals surface area contributed by atoms with Crippen LogP contribution in [0.25, 0.3) is 0 Å². The molecule has 0 heterocycles. The van der Waals surface area contributed by atoms with Gasteiger partial charge in [-0.15, -0.1) is 0 Å². The first-order valence-corrected chi connectivity index (χ1v) is 9.36. The average molecular weight is 322 g/mol. The second-order valence-corrected chi connectivity index (χ2v) is 7.41. The van der Waals surface area contributed by atoms with E-state index in [0.29, 0.717) is 0 Å². The lowest BCUT2D eigenvalue weighted by atomic mass is 9.62. The van der Waals surface area contributed by atoms with E-state index >= 15 is 0 Å². The molecule has 0 aliphatic heterocycles. The maximum Gasteiger partial charge on any atom is 0.0314 e. The summed E-state index contributed by atoms with van der Waals surface area (Å²) in [7, 11) is 0. The third-order valence-electron chi connectivity index (χ3n) is 5.85. The van der Waals surface area contributed by atoms with E-state index in [9.17, 15) is 0 Å². The van der Waals surface area contributed by atoms with Crippen molar-refractivity contribution in [2.75, 3.05) is 11.5 Å². The molecule has 1 aliphatic carbocycles. The lowest BCUT2D eigenvalue weighted by Crippen LogP contribution is -2.33. The van der Waals surface area contributed by atoms with E-state index in [1.54, 1.807) is 0 Å². The van der Waals surface area contributed by atoms with E-state index in [0.717, 1.165) is 17.3 Å². The topological polar surface area (TPSA) is 52.0 Å². The molecular formula is C22H30N2. The Morgan fingerprint density at radius 2 is 1.29 bits per heavy atom. The van der Waals surface area contributed by atoms with Crippen molar-refractivity contribution in [3.63, 3.8) is 0 Å². The quantitative estimate of drug-likeness (QED) is 0.712. The predicted molar refractivity (Wildman–Crippen MR) is 104 cm³/mol. The van der Waals surface area contributed by atoms with Gasteiger partial charge in [-0.3, -0.25) is 0 Å². The highest BCUT2D eigenvalue weighted by Crippen LogP contribution is 2.47. The van der Waals surface area contributed by atoms with Crippen LogP contribution in [0.2, 0.25) is 0 Å². The summed E-state index contributed by atoms with van der Waals surface area (Å²) in [6, 6.07) is 17.0. The fourth-order valence-electron chi connectivity index (χ4n) is 4.30. The molecule has 3 rings (SSSR count). The van der Waals surface area contributed by atoms with Gasteiger partial charge in [-0.2, -0.15) is 0 Å². The Hall–Kier alpha value is -1.96. The highest BCUT2D eigenvalue weighted by molar-refractivity contribution is 5.49. The molecule has 24 heavy (non-hydrogen) atoms. The standard InChI is InChI=1S/C22H30N2/c1-2-3-4-17-13-15-22(16-14-17,18-5-9-20(23)10-6-18)19-7-11-21(24)12-8-19/h5-12,17H,2-4,13-16,23-24H2,1H3. The number of hydrogen-bond acceptors (Lipinski definition) is 2. The van der Waals surface area contributed by atoms with E-state index in [4.69, 9.17) is 11.5 Å². The maximum absolute atomic E-state index is 5.92. The Morgan fingerprint density at radius 1 is 0.833 bits per heavy atom. The Labute approximate surface area is 146 Å². The zero-order valence-electron chi connectivity index (χ0n) is 14.8. The number of rotatable bonds is 5. The number of hydrogen-bond donors (Lipinski definition) is 2. The van der Waals surface area contributed by atoms with Gasteiger partial charge in [0.2, 0.25) is 0 Å². The van der Waals surface area contributed by atoms with Gasteiger partial charge < -0.3 is 11.5 Å². The van der Waals surface area contributed by atoms with Crippen LogP contribution in [0.5, 0.6) is 0 Å².